The highest BCUT2D eigenvalue weighted by atomic mass is 19.1. The van der Waals surface area contributed by atoms with Gasteiger partial charge in [-0.15, -0.1) is 0 Å². The van der Waals surface area contributed by atoms with Gasteiger partial charge in [0, 0.05) is 17.3 Å². The summed E-state index contributed by atoms with van der Waals surface area (Å²) in [6.45, 7) is 7.89. The minimum atomic E-state index is -0.630. The number of hydrogen-bond acceptors (Lipinski definition) is 4. The minimum absolute atomic E-state index is 0.327. The van der Waals surface area contributed by atoms with E-state index in [4.69, 9.17) is 9.31 Å². The van der Waals surface area contributed by atoms with Crippen LogP contribution >= 0.6 is 0 Å². The van der Waals surface area contributed by atoms with Crippen LogP contribution in [0.1, 0.15) is 27.7 Å². The van der Waals surface area contributed by atoms with E-state index in [0.29, 0.717) is 5.46 Å². The molecule has 1 aromatic carbocycles. The summed E-state index contributed by atoms with van der Waals surface area (Å²) in [5, 5.41) is 3.24. The number of nitrogens with one attached hydrogen (secondary N) is 1. The summed E-state index contributed by atoms with van der Waals surface area (Å²) in [4.78, 5) is 4.07. The van der Waals surface area contributed by atoms with E-state index in [0.717, 1.165) is 11.4 Å². The van der Waals surface area contributed by atoms with Crippen LogP contribution in [0.15, 0.2) is 42.7 Å². The van der Waals surface area contributed by atoms with E-state index < -0.39 is 18.3 Å². The average Bonchev–Trinajstić information content (AvgIpc) is 2.70. The molecule has 1 fully saturated rings. The van der Waals surface area contributed by atoms with Gasteiger partial charge in [0.1, 0.15) is 5.82 Å². The molecule has 0 aliphatic carbocycles. The summed E-state index contributed by atoms with van der Waals surface area (Å²) in [6, 6.07) is 8.27. The molecule has 1 aliphatic rings. The Labute approximate surface area is 136 Å². The van der Waals surface area contributed by atoms with Gasteiger partial charge in [-0.2, -0.15) is 0 Å². The summed E-state index contributed by atoms with van der Waals surface area (Å²) >= 11 is 0. The van der Waals surface area contributed by atoms with Gasteiger partial charge >= 0.3 is 7.12 Å². The van der Waals surface area contributed by atoms with Gasteiger partial charge in [0.2, 0.25) is 0 Å². The lowest BCUT2D eigenvalue weighted by Crippen LogP contribution is -2.41. The number of hydrogen-bond donors (Lipinski definition) is 1. The molecule has 23 heavy (non-hydrogen) atoms. The predicted molar refractivity (Wildman–Crippen MR) is 89.6 cm³/mol. The van der Waals surface area contributed by atoms with E-state index in [2.05, 4.69) is 10.3 Å². The van der Waals surface area contributed by atoms with Crippen molar-refractivity contribution in [1.29, 1.82) is 0 Å². The topological polar surface area (TPSA) is 43.4 Å². The van der Waals surface area contributed by atoms with Crippen molar-refractivity contribution < 1.29 is 13.7 Å². The molecule has 0 bridgehead atoms. The number of benzene rings is 1. The Morgan fingerprint density at radius 3 is 2.39 bits per heavy atom. The molecule has 0 unspecified atom stereocenters. The fourth-order valence-electron chi connectivity index (χ4n) is 2.40. The molecule has 1 aromatic heterocycles. The van der Waals surface area contributed by atoms with Gasteiger partial charge in [-0.1, -0.05) is 0 Å². The second kappa shape index (κ2) is 5.62. The Hall–Kier alpha value is -1.92. The van der Waals surface area contributed by atoms with Gasteiger partial charge in [0.25, 0.3) is 0 Å². The van der Waals surface area contributed by atoms with Gasteiger partial charge in [-0.25, -0.2) is 4.39 Å². The van der Waals surface area contributed by atoms with Crippen molar-refractivity contribution in [3.63, 3.8) is 0 Å². The molecule has 0 atom stereocenters. The first-order valence-electron chi connectivity index (χ1n) is 7.61. The van der Waals surface area contributed by atoms with E-state index in [9.17, 15) is 4.39 Å². The monoisotopic (exact) mass is 314 g/mol. The van der Waals surface area contributed by atoms with Crippen LogP contribution in [-0.4, -0.2) is 23.3 Å². The molecular weight excluding hydrogens is 294 g/mol. The third-order valence-corrected chi connectivity index (χ3v) is 4.46. The molecule has 0 saturated carbocycles. The fourth-order valence-corrected chi connectivity index (χ4v) is 2.40. The summed E-state index contributed by atoms with van der Waals surface area (Å²) < 4.78 is 25.9. The van der Waals surface area contributed by atoms with Crippen molar-refractivity contribution in [2.75, 3.05) is 5.32 Å². The Morgan fingerprint density at radius 1 is 1.09 bits per heavy atom. The second-order valence-corrected chi connectivity index (χ2v) is 6.69. The smallest absolute Gasteiger partial charge is 0.399 e. The highest BCUT2D eigenvalue weighted by molar-refractivity contribution is 6.64. The Balaban J connectivity index is 1.95. The number of pyridine rings is 1. The van der Waals surface area contributed by atoms with E-state index in [1.807, 2.05) is 39.8 Å². The van der Waals surface area contributed by atoms with Gasteiger partial charge in [-0.05, 0) is 58.0 Å². The van der Waals surface area contributed by atoms with Crippen LogP contribution in [0.5, 0.6) is 0 Å². The molecule has 3 rings (SSSR count). The predicted octanol–water partition coefficient (Wildman–Crippen LogP) is 3.26. The van der Waals surface area contributed by atoms with Crippen LogP contribution in [0, 0.1) is 5.82 Å². The number of aromatic nitrogens is 1. The average molecular weight is 314 g/mol. The van der Waals surface area contributed by atoms with Crippen molar-refractivity contribution in [2.24, 2.45) is 0 Å². The lowest BCUT2D eigenvalue weighted by molar-refractivity contribution is 0.00578. The Kier molecular flexibility index (Phi) is 3.90. The van der Waals surface area contributed by atoms with Crippen molar-refractivity contribution in [1.82, 2.24) is 4.98 Å². The third kappa shape index (κ3) is 3.09. The molecule has 2 aromatic rings. The molecule has 1 N–H and O–H groups in total. The zero-order valence-corrected chi connectivity index (χ0v) is 13.8. The SMILES string of the molecule is CC1(C)OB(c2cc(F)ccc2Nc2cccnc2)OC1(C)C. The fraction of sp³-hybridized carbons (Fsp3) is 0.353. The number of halogens is 1. The summed E-state index contributed by atoms with van der Waals surface area (Å²) in [6.07, 6.45) is 3.41. The lowest BCUT2D eigenvalue weighted by Gasteiger charge is -2.32. The van der Waals surface area contributed by atoms with E-state index in [1.54, 1.807) is 18.5 Å². The van der Waals surface area contributed by atoms with Crippen LogP contribution in [0.4, 0.5) is 15.8 Å². The van der Waals surface area contributed by atoms with Gasteiger partial charge in [0.05, 0.1) is 23.1 Å². The zero-order chi connectivity index (χ0) is 16.7. The number of anilines is 2. The highest BCUT2D eigenvalue weighted by Crippen LogP contribution is 2.37. The Morgan fingerprint density at radius 2 is 1.78 bits per heavy atom. The van der Waals surface area contributed by atoms with Crippen molar-refractivity contribution in [3.8, 4) is 0 Å². The van der Waals surface area contributed by atoms with Gasteiger partial charge < -0.3 is 14.6 Å². The van der Waals surface area contributed by atoms with Crippen LogP contribution in [-0.2, 0) is 9.31 Å². The van der Waals surface area contributed by atoms with Crippen molar-refractivity contribution in [2.45, 2.75) is 38.9 Å². The summed E-state index contributed by atoms with van der Waals surface area (Å²) in [5.41, 5.74) is 1.23. The Bertz CT molecular complexity index is 691. The first-order chi connectivity index (χ1) is 10.8. The summed E-state index contributed by atoms with van der Waals surface area (Å²) in [5.74, 6) is -0.327. The van der Waals surface area contributed by atoms with E-state index in [-0.39, 0.29) is 5.82 Å². The van der Waals surface area contributed by atoms with E-state index >= 15 is 0 Å². The van der Waals surface area contributed by atoms with Crippen LogP contribution < -0.4 is 10.8 Å². The number of rotatable bonds is 3. The largest absolute Gasteiger partial charge is 0.497 e. The zero-order valence-electron chi connectivity index (χ0n) is 13.8. The second-order valence-electron chi connectivity index (χ2n) is 6.69. The van der Waals surface area contributed by atoms with Crippen molar-refractivity contribution >= 4 is 24.0 Å². The van der Waals surface area contributed by atoms with Crippen LogP contribution in [0.2, 0.25) is 0 Å². The normalized spacial score (nSPS) is 18.9. The molecule has 1 saturated heterocycles. The maximum atomic E-state index is 13.8. The third-order valence-electron chi connectivity index (χ3n) is 4.46. The first kappa shape index (κ1) is 16.0. The first-order valence-corrected chi connectivity index (χ1v) is 7.61. The standard InChI is InChI=1S/C17H20BFN2O2/c1-16(2)17(3,4)23-18(22-16)14-10-12(19)7-8-15(14)21-13-6-5-9-20-11-13/h5-11,21H,1-4H3. The maximum absolute atomic E-state index is 13.8. The molecule has 1 aliphatic heterocycles. The maximum Gasteiger partial charge on any atom is 0.497 e. The van der Waals surface area contributed by atoms with Gasteiger partial charge in [0.15, 0.2) is 0 Å². The van der Waals surface area contributed by atoms with Crippen molar-refractivity contribution in [3.05, 3.63) is 48.5 Å². The summed E-state index contributed by atoms with van der Waals surface area (Å²) in [7, 11) is -0.630. The van der Waals surface area contributed by atoms with E-state index in [1.165, 1.54) is 12.1 Å². The quantitative estimate of drug-likeness (QED) is 0.883. The highest BCUT2D eigenvalue weighted by Gasteiger charge is 2.52. The molecule has 0 amide bonds. The van der Waals surface area contributed by atoms with Gasteiger partial charge in [-0.3, -0.25) is 4.98 Å². The molecule has 0 spiro atoms. The molecular formula is C17H20BFN2O2. The van der Waals surface area contributed by atoms with Crippen LogP contribution in [0.3, 0.4) is 0 Å². The van der Waals surface area contributed by atoms with Crippen LogP contribution in [0.25, 0.3) is 0 Å². The molecule has 0 radical (unpaired) electrons. The molecule has 2 heterocycles. The number of nitrogens with zero attached hydrogens (tertiary/aromatic N) is 1. The molecule has 4 nitrogen and oxygen atoms in total. The molecule has 120 valence electrons. The lowest BCUT2D eigenvalue weighted by atomic mass is 9.77. The minimum Gasteiger partial charge on any atom is -0.399 e. The molecule has 6 heteroatoms.